The Hall–Kier alpha value is -0.550. The van der Waals surface area contributed by atoms with Gasteiger partial charge in [-0.05, 0) is 20.4 Å². The molecule has 2 saturated heterocycles. The van der Waals surface area contributed by atoms with E-state index in [1.54, 1.807) is 30.6 Å². The molecule has 0 radical (unpaired) electrons. The summed E-state index contributed by atoms with van der Waals surface area (Å²) in [6, 6.07) is -0.0299. The fourth-order valence-electron chi connectivity index (χ4n) is 2.35. The molecule has 2 fully saturated rings. The first-order chi connectivity index (χ1) is 7.15. The number of thioether (sulfide) groups is 1. The van der Waals surface area contributed by atoms with E-state index in [1.807, 2.05) is 0 Å². The molecule has 2 aliphatic heterocycles. The highest BCUT2D eigenvalue weighted by atomic mass is 32.2. The number of likely N-dealkylation sites (N-methyl/N-ethyl adjacent to an activating group) is 1. The summed E-state index contributed by atoms with van der Waals surface area (Å²) < 4.78 is 0. The van der Waals surface area contributed by atoms with Gasteiger partial charge in [0.25, 0.3) is 0 Å². The Bertz CT molecular complexity index is 295. The molecule has 2 aliphatic rings. The Labute approximate surface area is 93.8 Å². The second-order valence-electron chi connectivity index (χ2n) is 4.14. The Kier molecular flexibility index (Phi) is 3.02. The molecule has 5 heteroatoms. The number of amides is 1. The lowest BCUT2D eigenvalue weighted by molar-refractivity contribution is -0.137. The molecule has 1 amide bonds. The van der Waals surface area contributed by atoms with Gasteiger partial charge < -0.3 is 10.2 Å². The third kappa shape index (κ3) is 1.78. The van der Waals surface area contributed by atoms with Gasteiger partial charge in [0.1, 0.15) is 0 Å². The van der Waals surface area contributed by atoms with Crippen molar-refractivity contribution < 1.29 is 9.59 Å². The molecule has 3 atom stereocenters. The van der Waals surface area contributed by atoms with Gasteiger partial charge in [-0.3, -0.25) is 9.59 Å². The SMILES string of the molecule is CNC1CC2CSCC(C(C)=O)N2C1=O. The number of nitrogens with one attached hydrogen (secondary N) is 1. The molecule has 0 bridgehead atoms. The first kappa shape index (κ1) is 11.0. The van der Waals surface area contributed by atoms with Crippen LogP contribution < -0.4 is 5.32 Å². The molecular formula is C10H16N2O2S. The van der Waals surface area contributed by atoms with Gasteiger partial charge in [-0.25, -0.2) is 0 Å². The van der Waals surface area contributed by atoms with E-state index in [0.717, 1.165) is 17.9 Å². The van der Waals surface area contributed by atoms with Crippen molar-refractivity contribution in [2.24, 2.45) is 0 Å². The molecule has 2 heterocycles. The number of nitrogens with zero attached hydrogens (tertiary/aromatic N) is 1. The van der Waals surface area contributed by atoms with Crippen LogP contribution in [0.3, 0.4) is 0 Å². The van der Waals surface area contributed by atoms with Crippen LogP contribution in [-0.4, -0.2) is 53.3 Å². The van der Waals surface area contributed by atoms with E-state index in [-0.39, 0.29) is 29.8 Å². The highest BCUT2D eigenvalue weighted by Crippen LogP contribution is 2.31. The average Bonchev–Trinajstić information content (AvgIpc) is 2.55. The molecule has 15 heavy (non-hydrogen) atoms. The van der Waals surface area contributed by atoms with E-state index in [4.69, 9.17) is 0 Å². The number of Topliss-reactive ketones (excluding diaryl/α,β-unsaturated/α-hetero) is 1. The first-order valence-electron chi connectivity index (χ1n) is 5.22. The molecule has 0 saturated carbocycles. The van der Waals surface area contributed by atoms with Gasteiger partial charge in [0.2, 0.25) is 5.91 Å². The minimum absolute atomic E-state index is 0.0875. The van der Waals surface area contributed by atoms with E-state index in [2.05, 4.69) is 5.32 Å². The number of carbonyl (C=O) groups is 2. The molecule has 3 unspecified atom stereocenters. The second kappa shape index (κ2) is 4.14. The van der Waals surface area contributed by atoms with Crippen LogP contribution in [0.25, 0.3) is 0 Å². The minimum Gasteiger partial charge on any atom is -0.327 e. The standard InChI is InChI=1S/C10H16N2O2S/c1-6(13)9-5-15-4-7-3-8(11-2)10(14)12(7)9/h7-9,11H,3-5H2,1-2H3. The third-order valence-electron chi connectivity index (χ3n) is 3.19. The maximum Gasteiger partial charge on any atom is 0.240 e. The van der Waals surface area contributed by atoms with Crippen molar-refractivity contribution in [3.63, 3.8) is 0 Å². The minimum atomic E-state index is -0.195. The summed E-state index contributed by atoms with van der Waals surface area (Å²) in [6.07, 6.45) is 0.839. The molecule has 4 nitrogen and oxygen atoms in total. The zero-order valence-electron chi connectivity index (χ0n) is 9.03. The summed E-state index contributed by atoms with van der Waals surface area (Å²) in [5.41, 5.74) is 0. The predicted molar refractivity (Wildman–Crippen MR) is 59.9 cm³/mol. The maximum absolute atomic E-state index is 12.0. The van der Waals surface area contributed by atoms with Gasteiger partial charge >= 0.3 is 0 Å². The summed E-state index contributed by atoms with van der Waals surface area (Å²) in [6.45, 7) is 1.58. The van der Waals surface area contributed by atoms with E-state index in [1.165, 1.54) is 0 Å². The summed E-state index contributed by atoms with van der Waals surface area (Å²) in [5.74, 6) is 1.93. The molecule has 0 spiro atoms. The van der Waals surface area contributed by atoms with E-state index < -0.39 is 0 Å². The van der Waals surface area contributed by atoms with Gasteiger partial charge in [-0.15, -0.1) is 0 Å². The summed E-state index contributed by atoms with van der Waals surface area (Å²) in [7, 11) is 1.80. The Balaban J connectivity index is 2.20. The lowest BCUT2D eigenvalue weighted by Crippen LogP contribution is -2.52. The monoisotopic (exact) mass is 228 g/mol. The number of hydrogen-bond acceptors (Lipinski definition) is 4. The number of ketones is 1. The van der Waals surface area contributed by atoms with E-state index in [9.17, 15) is 9.59 Å². The third-order valence-corrected chi connectivity index (χ3v) is 4.37. The van der Waals surface area contributed by atoms with E-state index in [0.29, 0.717) is 0 Å². The van der Waals surface area contributed by atoms with Crippen LogP contribution in [-0.2, 0) is 9.59 Å². The number of hydrogen-bond donors (Lipinski definition) is 1. The van der Waals surface area contributed by atoms with Gasteiger partial charge in [0.05, 0.1) is 12.1 Å². The smallest absolute Gasteiger partial charge is 0.240 e. The molecule has 2 rings (SSSR count). The van der Waals surface area contributed by atoms with Gasteiger partial charge in [0, 0.05) is 17.5 Å². The zero-order valence-corrected chi connectivity index (χ0v) is 9.84. The van der Waals surface area contributed by atoms with Crippen molar-refractivity contribution >= 4 is 23.5 Å². The normalized spacial score (nSPS) is 35.5. The van der Waals surface area contributed by atoms with E-state index >= 15 is 0 Å². The largest absolute Gasteiger partial charge is 0.327 e. The highest BCUT2D eigenvalue weighted by Gasteiger charge is 2.45. The molecular weight excluding hydrogens is 212 g/mol. The van der Waals surface area contributed by atoms with Crippen LogP contribution in [0, 0.1) is 0 Å². The fourth-order valence-corrected chi connectivity index (χ4v) is 3.68. The van der Waals surface area contributed by atoms with Gasteiger partial charge in [-0.1, -0.05) is 0 Å². The van der Waals surface area contributed by atoms with Crippen LogP contribution >= 0.6 is 11.8 Å². The van der Waals surface area contributed by atoms with Crippen molar-refractivity contribution in [1.82, 2.24) is 10.2 Å². The van der Waals surface area contributed by atoms with Crippen LogP contribution in [0.5, 0.6) is 0 Å². The lowest BCUT2D eigenvalue weighted by Gasteiger charge is -2.35. The van der Waals surface area contributed by atoms with Crippen LogP contribution in [0.1, 0.15) is 13.3 Å². The molecule has 0 aromatic rings. The number of rotatable bonds is 2. The maximum atomic E-state index is 12.0. The summed E-state index contributed by atoms with van der Waals surface area (Å²) >= 11 is 1.78. The Morgan fingerprint density at radius 3 is 2.87 bits per heavy atom. The van der Waals surface area contributed by atoms with Crippen molar-refractivity contribution in [1.29, 1.82) is 0 Å². The molecule has 0 aliphatic carbocycles. The fraction of sp³-hybridized carbons (Fsp3) is 0.800. The predicted octanol–water partition coefficient (Wildman–Crippen LogP) is -0.120. The molecule has 0 aromatic carbocycles. The second-order valence-corrected chi connectivity index (χ2v) is 5.22. The molecule has 0 aromatic heterocycles. The van der Waals surface area contributed by atoms with Crippen LogP contribution in [0.4, 0.5) is 0 Å². The average molecular weight is 228 g/mol. The Morgan fingerprint density at radius 2 is 2.27 bits per heavy atom. The number of carbonyl (C=O) groups excluding carboxylic acids is 2. The van der Waals surface area contributed by atoms with Crippen LogP contribution in [0.15, 0.2) is 0 Å². The zero-order chi connectivity index (χ0) is 11.0. The molecule has 1 N–H and O–H groups in total. The summed E-state index contributed by atoms with van der Waals surface area (Å²) in [4.78, 5) is 25.2. The molecule has 84 valence electrons. The topological polar surface area (TPSA) is 49.4 Å². The quantitative estimate of drug-likeness (QED) is 0.716. The first-order valence-corrected chi connectivity index (χ1v) is 6.38. The Morgan fingerprint density at radius 1 is 1.53 bits per heavy atom. The van der Waals surface area contributed by atoms with Crippen molar-refractivity contribution in [2.45, 2.75) is 31.5 Å². The number of fused-ring (bicyclic) bond motifs is 1. The van der Waals surface area contributed by atoms with Crippen molar-refractivity contribution in [3.05, 3.63) is 0 Å². The van der Waals surface area contributed by atoms with Crippen molar-refractivity contribution in [3.8, 4) is 0 Å². The highest BCUT2D eigenvalue weighted by molar-refractivity contribution is 7.99. The van der Waals surface area contributed by atoms with Crippen LogP contribution in [0.2, 0.25) is 0 Å². The van der Waals surface area contributed by atoms with Gasteiger partial charge in [-0.2, -0.15) is 11.8 Å². The van der Waals surface area contributed by atoms with Crippen molar-refractivity contribution in [2.75, 3.05) is 18.6 Å². The van der Waals surface area contributed by atoms with Gasteiger partial charge in [0.15, 0.2) is 5.78 Å². The summed E-state index contributed by atoms with van der Waals surface area (Å²) in [5, 5.41) is 3.02. The lowest BCUT2D eigenvalue weighted by atomic mass is 10.1.